The zero-order chi connectivity index (χ0) is 10.1. The normalized spacial score (nSPS) is 10.6. The van der Waals surface area contributed by atoms with Crippen LogP contribution in [0.4, 0.5) is 0 Å². The molecule has 14 heavy (non-hydrogen) atoms. The van der Waals surface area contributed by atoms with Crippen molar-refractivity contribution in [3.8, 4) is 0 Å². The minimum absolute atomic E-state index is 0.298. The second-order valence-electron chi connectivity index (χ2n) is 2.90. The van der Waals surface area contributed by atoms with Gasteiger partial charge < -0.3 is 15.4 Å². The first-order valence-corrected chi connectivity index (χ1v) is 5.96. The first-order chi connectivity index (χ1) is 6.93. The summed E-state index contributed by atoms with van der Waals surface area (Å²) in [4.78, 5) is 7.14. The Balaban J connectivity index is 1.85. The van der Waals surface area contributed by atoms with Crippen LogP contribution in [0.25, 0.3) is 0 Å². The number of hydrogen-bond donors (Lipinski definition) is 3. The van der Waals surface area contributed by atoms with Crippen LogP contribution in [0.2, 0.25) is 0 Å². The lowest BCUT2D eigenvalue weighted by molar-refractivity contribution is 0.296. The third-order valence-electron chi connectivity index (χ3n) is 1.72. The first-order valence-electron chi connectivity index (χ1n) is 4.81. The van der Waals surface area contributed by atoms with Crippen LogP contribution >= 0.6 is 11.8 Å². The van der Waals surface area contributed by atoms with Gasteiger partial charge in [-0.25, -0.2) is 4.98 Å². The number of aromatic amines is 1. The molecule has 1 heterocycles. The predicted octanol–water partition coefficient (Wildman–Crippen LogP) is 0.615. The van der Waals surface area contributed by atoms with E-state index < -0.39 is 0 Å². The highest BCUT2D eigenvalue weighted by molar-refractivity contribution is 7.99. The summed E-state index contributed by atoms with van der Waals surface area (Å²) in [5, 5.41) is 11.8. The third-order valence-corrected chi connectivity index (χ3v) is 2.79. The number of hydrogen-bond acceptors (Lipinski definition) is 4. The third kappa shape index (κ3) is 5.26. The molecule has 1 aromatic heterocycles. The van der Waals surface area contributed by atoms with E-state index in [9.17, 15) is 0 Å². The van der Waals surface area contributed by atoms with Crippen LogP contribution in [-0.2, 0) is 6.54 Å². The molecule has 0 bridgehead atoms. The molecule has 0 saturated heterocycles. The minimum atomic E-state index is 0.298. The van der Waals surface area contributed by atoms with Crippen molar-refractivity contribution in [2.45, 2.75) is 13.0 Å². The zero-order valence-electron chi connectivity index (χ0n) is 8.20. The molecule has 0 radical (unpaired) electrons. The Morgan fingerprint density at radius 1 is 1.50 bits per heavy atom. The van der Waals surface area contributed by atoms with Gasteiger partial charge in [-0.2, -0.15) is 11.8 Å². The molecule has 0 aromatic carbocycles. The van der Waals surface area contributed by atoms with Gasteiger partial charge >= 0.3 is 0 Å². The fraction of sp³-hybridized carbons (Fsp3) is 0.667. The summed E-state index contributed by atoms with van der Waals surface area (Å²) >= 11 is 1.86. The molecular formula is C9H17N3OS. The lowest BCUT2D eigenvalue weighted by atomic mass is 10.5. The van der Waals surface area contributed by atoms with Crippen LogP contribution < -0.4 is 5.32 Å². The number of imidazole rings is 1. The summed E-state index contributed by atoms with van der Waals surface area (Å²) in [6, 6.07) is 0. The van der Waals surface area contributed by atoms with Crippen molar-refractivity contribution in [3.05, 3.63) is 18.2 Å². The topological polar surface area (TPSA) is 60.9 Å². The summed E-state index contributed by atoms with van der Waals surface area (Å²) in [7, 11) is 0. The van der Waals surface area contributed by atoms with Gasteiger partial charge in [0.1, 0.15) is 5.82 Å². The molecular weight excluding hydrogens is 198 g/mol. The number of aliphatic hydroxyl groups excluding tert-OH is 1. The molecule has 0 saturated carbocycles. The fourth-order valence-corrected chi connectivity index (χ4v) is 1.84. The number of thioether (sulfide) groups is 1. The van der Waals surface area contributed by atoms with Gasteiger partial charge in [-0.05, 0) is 12.2 Å². The van der Waals surface area contributed by atoms with Crippen molar-refractivity contribution in [3.63, 3.8) is 0 Å². The van der Waals surface area contributed by atoms with E-state index in [0.717, 1.165) is 36.8 Å². The number of nitrogens with zero attached hydrogens (tertiary/aromatic N) is 1. The Labute approximate surface area is 88.5 Å². The molecule has 0 spiro atoms. The highest BCUT2D eigenvalue weighted by Gasteiger charge is 1.93. The Morgan fingerprint density at radius 2 is 2.43 bits per heavy atom. The maximum atomic E-state index is 8.55. The van der Waals surface area contributed by atoms with E-state index >= 15 is 0 Å². The molecule has 3 N–H and O–H groups in total. The lowest BCUT2D eigenvalue weighted by Crippen LogP contribution is -2.17. The van der Waals surface area contributed by atoms with Gasteiger partial charge in [0.15, 0.2) is 0 Å². The molecule has 0 aliphatic carbocycles. The molecule has 1 aromatic rings. The monoisotopic (exact) mass is 215 g/mol. The Bertz CT molecular complexity index is 216. The molecule has 0 unspecified atom stereocenters. The summed E-state index contributed by atoms with van der Waals surface area (Å²) in [6.07, 6.45) is 4.48. The van der Waals surface area contributed by atoms with E-state index in [0.29, 0.717) is 6.61 Å². The first kappa shape index (κ1) is 11.6. The molecule has 0 aliphatic rings. The van der Waals surface area contributed by atoms with Crippen molar-refractivity contribution in [1.82, 2.24) is 15.3 Å². The minimum Gasteiger partial charge on any atom is -0.396 e. The van der Waals surface area contributed by atoms with E-state index in [4.69, 9.17) is 5.11 Å². The Hall–Kier alpha value is -0.520. The van der Waals surface area contributed by atoms with Crippen LogP contribution in [0.5, 0.6) is 0 Å². The Kier molecular flexibility index (Phi) is 6.47. The van der Waals surface area contributed by atoms with Crippen molar-refractivity contribution >= 4 is 11.8 Å². The quantitative estimate of drug-likeness (QED) is 0.556. The average molecular weight is 215 g/mol. The van der Waals surface area contributed by atoms with Gasteiger partial charge in [-0.3, -0.25) is 0 Å². The van der Waals surface area contributed by atoms with Gasteiger partial charge in [0.2, 0.25) is 0 Å². The number of aromatic nitrogens is 2. The van der Waals surface area contributed by atoms with Crippen molar-refractivity contribution in [1.29, 1.82) is 0 Å². The van der Waals surface area contributed by atoms with E-state index in [-0.39, 0.29) is 0 Å². The largest absolute Gasteiger partial charge is 0.396 e. The predicted molar refractivity (Wildman–Crippen MR) is 59.3 cm³/mol. The van der Waals surface area contributed by atoms with Crippen molar-refractivity contribution < 1.29 is 5.11 Å². The zero-order valence-corrected chi connectivity index (χ0v) is 9.02. The van der Waals surface area contributed by atoms with E-state index in [1.54, 1.807) is 6.20 Å². The second kappa shape index (κ2) is 7.84. The maximum absolute atomic E-state index is 8.55. The molecule has 0 aliphatic heterocycles. The van der Waals surface area contributed by atoms with Gasteiger partial charge in [0.05, 0.1) is 6.54 Å². The number of aliphatic hydroxyl groups is 1. The summed E-state index contributed by atoms with van der Waals surface area (Å²) in [5.41, 5.74) is 0. The van der Waals surface area contributed by atoms with Gasteiger partial charge in [-0.15, -0.1) is 0 Å². The van der Waals surface area contributed by atoms with Gasteiger partial charge in [-0.1, -0.05) is 0 Å². The molecule has 80 valence electrons. The van der Waals surface area contributed by atoms with Crippen LogP contribution in [-0.4, -0.2) is 39.7 Å². The molecule has 5 heteroatoms. The molecule has 0 fully saturated rings. The van der Waals surface area contributed by atoms with Crippen LogP contribution in [0.3, 0.4) is 0 Å². The van der Waals surface area contributed by atoms with Crippen LogP contribution in [0.1, 0.15) is 12.2 Å². The van der Waals surface area contributed by atoms with Crippen molar-refractivity contribution in [2.75, 3.05) is 24.7 Å². The van der Waals surface area contributed by atoms with Gasteiger partial charge in [0, 0.05) is 31.3 Å². The standard InChI is InChI=1S/C9H17N3OS/c13-5-1-6-14-7-4-10-8-9-11-2-3-12-9/h2-3,10,13H,1,4-8H2,(H,11,12). The second-order valence-corrected chi connectivity index (χ2v) is 4.13. The summed E-state index contributed by atoms with van der Waals surface area (Å²) < 4.78 is 0. The number of rotatable bonds is 8. The van der Waals surface area contributed by atoms with E-state index in [1.807, 2.05) is 18.0 Å². The molecule has 4 nitrogen and oxygen atoms in total. The van der Waals surface area contributed by atoms with Crippen molar-refractivity contribution in [2.24, 2.45) is 0 Å². The van der Waals surface area contributed by atoms with Crippen LogP contribution in [0, 0.1) is 0 Å². The number of nitrogens with one attached hydrogen (secondary N) is 2. The molecule has 0 atom stereocenters. The SMILES string of the molecule is OCCCSCCNCc1ncc[nH]1. The van der Waals surface area contributed by atoms with E-state index in [2.05, 4.69) is 15.3 Å². The van der Waals surface area contributed by atoms with Crippen LogP contribution in [0.15, 0.2) is 12.4 Å². The summed E-state index contributed by atoms with van der Waals surface area (Å²) in [5.74, 6) is 3.10. The lowest BCUT2D eigenvalue weighted by Gasteiger charge is -2.02. The number of H-pyrrole nitrogens is 1. The van der Waals surface area contributed by atoms with Gasteiger partial charge in [0.25, 0.3) is 0 Å². The smallest absolute Gasteiger partial charge is 0.120 e. The highest BCUT2D eigenvalue weighted by Crippen LogP contribution is 2.00. The Morgan fingerprint density at radius 3 is 3.14 bits per heavy atom. The maximum Gasteiger partial charge on any atom is 0.120 e. The summed E-state index contributed by atoms with van der Waals surface area (Å²) in [6.45, 7) is 2.08. The fourth-order valence-electron chi connectivity index (χ4n) is 1.01. The molecule has 0 amide bonds. The average Bonchev–Trinajstić information content (AvgIpc) is 2.69. The molecule has 1 rings (SSSR count). The highest BCUT2D eigenvalue weighted by atomic mass is 32.2. The van der Waals surface area contributed by atoms with E-state index in [1.165, 1.54) is 0 Å².